The number of benzene rings is 2. The van der Waals surface area contributed by atoms with Crippen molar-refractivity contribution in [3.63, 3.8) is 0 Å². The predicted octanol–water partition coefficient (Wildman–Crippen LogP) is 6.04. The number of imide groups is 1. The fourth-order valence-corrected chi connectivity index (χ4v) is 5.36. The second-order valence-corrected chi connectivity index (χ2v) is 9.38. The van der Waals surface area contributed by atoms with Crippen molar-refractivity contribution >= 4 is 51.9 Å². The number of hydrogen-bond donors (Lipinski definition) is 0. The van der Waals surface area contributed by atoms with Gasteiger partial charge >= 0.3 is 0 Å². The second-order valence-electron chi connectivity index (χ2n) is 7.03. The Balaban J connectivity index is 1.36. The maximum atomic E-state index is 12.9. The van der Waals surface area contributed by atoms with Crippen molar-refractivity contribution in [2.45, 2.75) is 6.54 Å². The van der Waals surface area contributed by atoms with Gasteiger partial charge in [-0.3, -0.25) is 14.5 Å². The summed E-state index contributed by atoms with van der Waals surface area (Å²) in [5.41, 5.74) is 2.66. The minimum absolute atomic E-state index is 0.0664. The molecule has 0 unspecified atom stereocenters. The van der Waals surface area contributed by atoms with Crippen molar-refractivity contribution < 1.29 is 23.8 Å². The Bertz CT molecular complexity index is 1270. The SMILES string of the molecule is COc1cccc(-c2csc(C=C3SC(=O)N(Cc4cc5c(cc4Cl)OCO5)C3=O)c2)c1. The van der Waals surface area contributed by atoms with Gasteiger partial charge in [0.15, 0.2) is 11.5 Å². The number of ether oxygens (including phenoxy) is 3. The Morgan fingerprint density at radius 2 is 1.94 bits per heavy atom. The molecule has 0 spiro atoms. The van der Waals surface area contributed by atoms with Gasteiger partial charge in [-0.25, -0.2) is 0 Å². The fraction of sp³-hybridized carbons (Fsp3) is 0.130. The molecule has 3 aromatic rings. The van der Waals surface area contributed by atoms with Crippen LogP contribution in [0.25, 0.3) is 17.2 Å². The van der Waals surface area contributed by atoms with Crippen LogP contribution in [0.3, 0.4) is 0 Å². The Labute approximate surface area is 197 Å². The summed E-state index contributed by atoms with van der Waals surface area (Å²) in [5.74, 6) is 1.54. The zero-order valence-corrected chi connectivity index (χ0v) is 19.2. The number of fused-ring (bicyclic) bond motifs is 1. The number of hydrogen-bond acceptors (Lipinski definition) is 7. The molecule has 6 nitrogen and oxygen atoms in total. The van der Waals surface area contributed by atoms with Crippen LogP contribution in [0.5, 0.6) is 17.2 Å². The summed E-state index contributed by atoms with van der Waals surface area (Å²) in [6, 6.07) is 13.1. The monoisotopic (exact) mass is 485 g/mol. The lowest BCUT2D eigenvalue weighted by atomic mass is 10.1. The van der Waals surface area contributed by atoms with Gasteiger partial charge in [-0.1, -0.05) is 23.7 Å². The predicted molar refractivity (Wildman–Crippen MR) is 125 cm³/mol. The molecule has 0 bridgehead atoms. The van der Waals surface area contributed by atoms with E-state index in [1.165, 1.54) is 16.2 Å². The Morgan fingerprint density at radius 1 is 1.12 bits per heavy atom. The highest BCUT2D eigenvalue weighted by molar-refractivity contribution is 8.18. The van der Waals surface area contributed by atoms with E-state index in [0.29, 0.717) is 27.0 Å². The third-order valence-corrected chi connectivity index (χ3v) is 7.18. The zero-order valence-electron chi connectivity index (χ0n) is 16.8. The first-order chi connectivity index (χ1) is 15.5. The highest BCUT2D eigenvalue weighted by atomic mass is 35.5. The van der Waals surface area contributed by atoms with Gasteiger partial charge in [0.25, 0.3) is 11.1 Å². The van der Waals surface area contributed by atoms with Crippen molar-refractivity contribution in [3.05, 3.63) is 68.2 Å². The molecule has 1 aromatic heterocycles. The van der Waals surface area contributed by atoms with Gasteiger partial charge in [0.05, 0.1) is 18.6 Å². The molecule has 1 saturated heterocycles. The van der Waals surface area contributed by atoms with Crippen molar-refractivity contribution in [1.82, 2.24) is 4.90 Å². The van der Waals surface area contributed by atoms with Gasteiger partial charge in [0.1, 0.15) is 5.75 Å². The van der Waals surface area contributed by atoms with Crippen molar-refractivity contribution in [1.29, 1.82) is 0 Å². The molecule has 0 saturated carbocycles. The number of nitrogens with zero attached hydrogens (tertiary/aromatic N) is 1. The van der Waals surface area contributed by atoms with E-state index in [-0.39, 0.29) is 24.5 Å². The van der Waals surface area contributed by atoms with Gasteiger partial charge in [0, 0.05) is 16.0 Å². The van der Waals surface area contributed by atoms with Gasteiger partial charge < -0.3 is 14.2 Å². The number of carbonyl (C=O) groups excluding carboxylic acids is 2. The molecule has 0 radical (unpaired) electrons. The lowest BCUT2D eigenvalue weighted by Crippen LogP contribution is -2.27. The van der Waals surface area contributed by atoms with E-state index in [9.17, 15) is 9.59 Å². The Kier molecular flexibility index (Phi) is 5.58. The Morgan fingerprint density at radius 3 is 2.75 bits per heavy atom. The summed E-state index contributed by atoms with van der Waals surface area (Å²) < 4.78 is 16.0. The number of methoxy groups -OCH3 is 1. The van der Waals surface area contributed by atoms with Crippen LogP contribution in [0, 0.1) is 0 Å². The topological polar surface area (TPSA) is 65.1 Å². The number of carbonyl (C=O) groups is 2. The molecule has 5 rings (SSSR count). The Hall–Kier alpha value is -2.94. The van der Waals surface area contributed by atoms with Gasteiger partial charge in [0.2, 0.25) is 6.79 Å². The van der Waals surface area contributed by atoms with E-state index in [2.05, 4.69) is 0 Å². The average molecular weight is 486 g/mol. The number of thiophene rings is 1. The second kappa shape index (κ2) is 8.54. The van der Waals surface area contributed by atoms with Crippen LogP contribution in [-0.4, -0.2) is 29.9 Å². The van der Waals surface area contributed by atoms with Crippen molar-refractivity contribution in [2.75, 3.05) is 13.9 Å². The highest BCUT2D eigenvalue weighted by Gasteiger charge is 2.35. The molecule has 0 atom stereocenters. The lowest BCUT2D eigenvalue weighted by molar-refractivity contribution is -0.123. The first-order valence-corrected chi connectivity index (χ1v) is 11.7. The molecule has 0 aliphatic carbocycles. The van der Waals surface area contributed by atoms with Crippen molar-refractivity contribution in [3.8, 4) is 28.4 Å². The lowest BCUT2D eigenvalue weighted by Gasteiger charge is -2.14. The molecule has 0 N–H and O–H groups in total. The van der Waals surface area contributed by atoms with Gasteiger partial charge in [-0.2, -0.15) is 0 Å². The van der Waals surface area contributed by atoms with Crippen LogP contribution >= 0.6 is 34.7 Å². The summed E-state index contributed by atoms with van der Waals surface area (Å²) in [7, 11) is 1.63. The molecule has 2 amide bonds. The summed E-state index contributed by atoms with van der Waals surface area (Å²) in [4.78, 5) is 27.9. The largest absolute Gasteiger partial charge is 0.497 e. The molecule has 1 fully saturated rings. The van der Waals surface area contributed by atoms with Crippen LogP contribution in [0.2, 0.25) is 5.02 Å². The van der Waals surface area contributed by atoms with E-state index >= 15 is 0 Å². The first kappa shape index (κ1) is 20.9. The first-order valence-electron chi connectivity index (χ1n) is 9.58. The number of amides is 2. The van der Waals surface area contributed by atoms with Crippen molar-refractivity contribution in [2.24, 2.45) is 0 Å². The van der Waals surface area contributed by atoms with E-state index in [4.69, 9.17) is 25.8 Å². The minimum Gasteiger partial charge on any atom is -0.497 e. The van der Waals surface area contributed by atoms with Gasteiger partial charge in [-0.05, 0) is 64.2 Å². The fourth-order valence-electron chi connectivity index (χ4n) is 3.40. The molecule has 3 heterocycles. The summed E-state index contributed by atoms with van der Waals surface area (Å²) in [6.07, 6.45) is 1.75. The normalized spacial score (nSPS) is 16.3. The summed E-state index contributed by atoms with van der Waals surface area (Å²) in [6.45, 7) is 0.189. The highest BCUT2D eigenvalue weighted by Crippen LogP contribution is 2.40. The van der Waals surface area contributed by atoms with Crippen LogP contribution in [0.15, 0.2) is 52.7 Å². The summed E-state index contributed by atoms with van der Waals surface area (Å²) in [5, 5.41) is 2.09. The van der Waals surface area contributed by atoms with Crippen LogP contribution < -0.4 is 14.2 Å². The van der Waals surface area contributed by atoms with Gasteiger partial charge in [-0.15, -0.1) is 11.3 Å². The zero-order chi connectivity index (χ0) is 22.2. The number of rotatable bonds is 5. The van der Waals surface area contributed by atoms with Crippen LogP contribution in [0.4, 0.5) is 4.79 Å². The third-order valence-electron chi connectivity index (χ3n) is 5.04. The molecule has 162 valence electrons. The van der Waals surface area contributed by atoms with E-state index in [1.54, 1.807) is 25.3 Å². The molecule has 32 heavy (non-hydrogen) atoms. The molecular weight excluding hydrogens is 470 g/mol. The van der Waals surface area contributed by atoms with E-state index in [1.807, 2.05) is 35.7 Å². The smallest absolute Gasteiger partial charge is 0.293 e. The maximum Gasteiger partial charge on any atom is 0.293 e. The summed E-state index contributed by atoms with van der Waals surface area (Å²) >= 11 is 8.75. The molecule has 2 aliphatic heterocycles. The average Bonchev–Trinajstić information content (AvgIpc) is 3.50. The van der Waals surface area contributed by atoms with E-state index in [0.717, 1.165) is 33.5 Å². The quantitative estimate of drug-likeness (QED) is 0.410. The van der Waals surface area contributed by atoms with Crippen LogP contribution in [-0.2, 0) is 11.3 Å². The molecule has 2 aliphatic rings. The third kappa shape index (κ3) is 3.97. The molecular formula is C23H16ClNO5S2. The molecule has 9 heteroatoms. The standard InChI is InChI=1S/C23H16ClNO5S2/c1-28-16-4-2-3-13(5-16)15-6-17(31-11-15)8-21-22(26)25(23(27)32-21)10-14-7-19-20(9-18(14)24)30-12-29-19/h2-9,11H,10,12H2,1H3. The van der Waals surface area contributed by atoms with E-state index < -0.39 is 0 Å². The van der Waals surface area contributed by atoms with Crippen LogP contribution in [0.1, 0.15) is 10.4 Å². The number of halogens is 1. The maximum absolute atomic E-state index is 12.9. The molecule has 2 aromatic carbocycles. The number of thioether (sulfide) groups is 1. The minimum atomic E-state index is -0.343.